The van der Waals surface area contributed by atoms with E-state index in [4.69, 9.17) is 5.73 Å². The Morgan fingerprint density at radius 1 is 1.31 bits per heavy atom. The number of aromatic nitrogens is 4. The highest BCUT2D eigenvalue weighted by molar-refractivity contribution is 7.91. The number of rotatable bonds is 5. The van der Waals surface area contributed by atoms with Gasteiger partial charge in [-0.25, -0.2) is 8.42 Å². The molecule has 0 saturated carbocycles. The summed E-state index contributed by atoms with van der Waals surface area (Å²) in [4.78, 5) is 23.9. The molecule has 4 N–H and O–H groups in total. The largest absolute Gasteiger partial charge is 0.370 e. The van der Waals surface area contributed by atoms with Crippen LogP contribution in [0.25, 0.3) is 0 Å². The second-order valence-electron chi connectivity index (χ2n) is 6.93. The van der Waals surface area contributed by atoms with E-state index in [1.807, 2.05) is 6.92 Å². The van der Waals surface area contributed by atoms with E-state index in [2.05, 4.69) is 15.3 Å². The molecule has 0 aromatic carbocycles. The Morgan fingerprint density at radius 2 is 2.00 bits per heavy atom. The lowest BCUT2D eigenvalue weighted by Crippen LogP contribution is -2.22. The van der Waals surface area contributed by atoms with Crippen molar-refractivity contribution in [1.82, 2.24) is 20.0 Å². The number of aromatic amines is 2. The second kappa shape index (κ2) is 6.42. The fraction of sp³-hybridized carbons (Fsp3) is 0.562. The second-order valence-corrected chi connectivity index (χ2v) is 9.16. The molecule has 3 heterocycles. The van der Waals surface area contributed by atoms with Gasteiger partial charge in [0.25, 0.3) is 5.56 Å². The number of amides is 1. The van der Waals surface area contributed by atoms with Crippen molar-refractivity contribution in [2.24, 2.45) is 5.73 Å². The van der Waals surface area contributed by atoms with Crippen LogP contribution in [0.4, 0.5) is 0 Å². The maximum absolute atomic E-state index is 12.3. The lowest BCUT2D eigenvalue weighted by Gasteiger charge is -2.17. The third-order valence-corrected chi connectivity index (χ3v) is 6.80. The maximum Gasteiger partial charge on any atom is 0.267 e. The van der Waals surface area contributed by atoms with Crippen LogP contribution in [0, 0.1) is 20.8 Å². The third-order valence-electron chi connectivity index (χ3n) is 5.05. The maximum atomic E-state index is 12.3. The Kier molecular flexibility index (Phi) is 4.55. The monoisotopic (exact) mass is 381 g/mol. The number of primary amides is 1. The smallest absolute Gasteiger partial charge is 0.267 e. The van der Waals surface area contributed by atoms with Gasteiger partial charge in [-0.15, -0.1) is 0 Å². The summed E-state index contributed by atoms with van der Waals surface area (Å²) in [7, 11) is -3.05. The van der Waals surface area contributed by atoms with Crippen LogP contribution in [0.15, 0.2) is 4.79 Å². The number of H-pyrrole nitrogens is 2. The van der Waals surface area contributed by atoms with Crippen molar-refractivity contribution in [2.45, 2.75) is 45.6 Å². The summed E-state index contributed by atoms with van der Waals surface area (Å²) in [6.07, 6.45) is 0.478. The predicted molar refractivity (Wildman–Crippen MR) is 95.8 cm³/mol. The summed E-state index contributed by atoms with van der Waals surface area (Å²) in [5, 5.41) is 9.84. The molecule has 1 saturated heterocycles. The van der Waals surface area contributed by atoms with Crippen LogP contribution in [-0.4, -0.2) is 45.8 Å². The van der Waals surface area contributed by atoms with E-state index >= 15 is 0 Å². The normalized spacial score (nSPS) is 20.3. The van der Waals surface area contributed by atoms with Crippen LogP contribution in [-0.2, 0) is 14.6 Å². The van der Waals surface area contributed by atoms with Crippen molar-refractivity contribution in [3.63, 3.8) is 0 Å². The molecule has 0 radical (unpaired) electrons. The summed E-state index contributed by atoms with van der Waals surface area (Å²) in [6, 6.07) is -0.229. The summed E-state index contributed by atoms with van der Waals surface area (Å²) >= 11 is 0. The van der Waals surface area contributed by atoms with Gasteiger partial charge >= 0.3 is 0 Å². The number of aryl methyl sites for hydroxylation is 2. The Balaban J connectivity index is 2.11. The number of nitrogens with one attached hydrogen (secondary N) is 2. The van der Waals surface area contributed by atoms with Gasteiger partial charge in [0.1, 0.15) is 0 Å². The van der Waals surface area contributed by atoms with E-state index in [0.29, 0.717) is 23.4 Å². The molecule has 0 aliphatic carbocycles. The van der Waals surface area contributed by atoms with E-state index in [9.17, 15) is 18.0 Å². The molecular formula is C16H23N5O4S. The molecule has 9 nitrogen and oxygen atoms in total. The number of sulfone groups is 1. The molecule has 1 amide bonds. The van der Waals surface area contributed by atoms with Gasteiger partial charge in [-0.1, -0.05) is 0 Å². The molecule has 26 heavy (non-hydrogen) atoms. The zero-order chi connectivity index (χ0) is 19.2. The first-order valence-electron chi connectivity index (χ1n) is 8.42. The predicted octanol–water partition coefficient (Wildman–Crippen LogP) is 0.192. The lowest BCUT2D eigenvalue weighted by molar-refractivity contribution is -0.118. The average molecular weight is 381 g/mol. The molecule has 0 bridgehead atoms. The summed E-state index contributed by atoms with van der Waals surface area (Å²) in [5.74, 6) is -0.857. The first-order chi connectivity index (χ1) is 12.1. The van der Waals surface area contributed by atoms with Gasteiger partial charge in [-0.2, -0.15) is 5.10 Å². The molecule has 3 rings (SSSR count). The zero-order valence-electron chi connectivity index (χ0n) is 15.0. The van der Waals surface area contributed by atoms with E-state index < -0.39 is 21.7 Å². The summed E-state index contributed by atoms with van der Waals surface area (Å²) in [5.41, 5.74) is 8.40. The van der Waals surface area contributed by atoms with Crippen LogP contribution in [0.3, 0.4) is 0 Å². The fourth-order valence-corrected chi connectivity index (χ4v) is 5.62. The van der Waals surface area contributed by atoms with Crippen LogP contribution < -0.4 is 11.3 Å². The molecule has 2 atom stereocenters. The van der Waals surface area contributed by atoms with Gasteiger partial charge in [-0.05, 0) is 27.2 Å². The van der Waals surface area contributed by atoms with Crippen molar-refractivity contribution in [1.29, 1.82) is 0 Å². The molecule has 2 aromatic rings. The van der Waals surface area contributed by atoms with E-state index in [-0.39, 0.29) is 29.5 Å². The average Bonchev–Trinajstić information content (AvgIpc) is 3.14. The summed E-state index contributed by atoms with van der Waals surface area (Å²) < 4.78 is 25.4. The molecule has 1 fully saturated rings. The molecule has 1 aliphatic rings. The van der Waals surface area contributed by atoms with Crippen molar-refractivity contribution < 1.29 is 13.2 Å². The zero-order valence-corrected chi connectivity index (χ0v) is 15.8. The van der Waals surface area contributed by atoms with Crippen molar-refractivity contribution >= 4 is 15.7 Å². The van der Waals surface area contributed by atoms with E-state index in [0.717, 1.165) is 11.3 Å². The minimum absolute atomic E-state index is 0.0297. The summed E-state index contributed by atoms with van der Waals surface area (Å²) in [6.45, 7) is 5.39. The van der Waals surface area contributed by atoms with E-state index in [1.54, 1.807) is 18.5 Å². The van der Waals surface area contributed by atoms with Gasteiger partial charge in [-0.3, -0.25) is 19.4 Å². The van der Waals surface area contributed by atoms with Crippen molar-refractivity contribution in [3.8, 4) is 0 Å². The molecule has 0 unspecified atom stereocenters. The SMILES string of the molecule is Cc1nn([C@@H]2CCS(=O)(=O)C2)c(C)c1[C@@H](CC(N)=O)c1c(C)[nH][nH]c1=O. The quantitative estimate of drug-likeness (QED) is 0.677. The molecule has 2 aromatic heterocycles. The van der Waals surface area contributed by atoms with Gasteiger partial charge in [0.2, 0.25) is 5.91 Å². The number of hydrogen-bond donors (Lipinski definition) is 3. The Bertz CT molecular complexity index is 1010. The van der Waals surface area contributed by atoms with E-state index in [1.165, 1.54) is 0 Å². The number of hydrogen-bond acceptors (Lipinski definition) is 5. The standard InChI is InChI=1S/C16H23N5O4S/c1-8-15(16(23)19-18-8)12(6-13(17)22)14-9(2)20-21(10(14)3)11-4-5-26(24,25)7-11/h11-12H,4-7H2,1-3H3,(H2,17,22)(H2,18,19,23)/t11-,12-/m1/s1. The van der Waals surface area contributed by atoms with Crippen LogP contribution in [0.5, 0.6) is 0 Å². The van der Waals surface area contributed by atoms with Crippen LogP contribution >= 0.6 is 0 Å². The van der Waals surface area contributed by atoms with Gasteiger partial charge in [0.05, 0.1) is 23.2 Å². The number of carbonyl (C=O) groups excluding carboxylic acids is 1. The number of nitrogens with two attached hydrogens (primary N) is 1. The number of carbonyl (C=O) groups is 1. The minimum atomic E-state index is -3.05. The highest BCUT2D eigenvalue weighted by atomic mass is 32.2. The first kappa shape index (κ1) is 18.4. The van der Waals surface area contributed by atoms with Crippen molar-refractivity contribution in [3.05, 3.63) is 38.6 Å². The first-order valence-corrected chi connectivity index (χ1v) is 10.2. The number of nitrogens with zero attached hydrogens (tertiary/aromatic N) is 2. The van der Waals surface area contributed by atoms with Gasteiger partial charge in [0, 0.05) is 34.9 Å². The van der Waals surface area contributed by atoms with Crippen LogP contribution in [0.2, 0.25) is 0 Å². The third kappa shape index (κ3) is 3.20. The highest BCUT2D eigenvalue weighted by Crippen LogP contribution is 2.34. The molecular weight excluding hydrogens is 358 g/mol. The topological polar surface area (TPSA) is 144 Å². The molecule has 142 valence electrons. The Hall–Kier alpha value is -2.36. The van der Waals surface area contributed by atoms with Crippen LogP contribution in [0.1, 0.15) is 53.0 Å². The van der Waals surface area contributed by atoms with Crippen molar-refractivity contribution in [2.75, 3.05) is 11.5 Å². The molecule has 10 heteroatoms. The Labute approximate surface area is 150 Å². The lowest BCUT2D eigenvalue weighted by atomic mass is 9.87. The minimum Gasteiger partial charge on any atom is -0.370 e. The fourth-order valence-electron chi connectivity index (χ4n) is 3.93. The Morgan fingerprint density at radius 3 is 2.50 bits per heavy atom. The van der Waals surface area contributed by atoms with Gasteiger partial charge < -0.3 is 10.8 Å². The highest BCUT2D eigenvalue weighted by Gasteiger charge is 2.34. The molecule has 0 spiro atoms. The van der Waals surface area contributed by atoms with Gasteiger partial charge in [0.15, 0.2) is 9.84 Å². The molecule has 1 aliphatic heterocycles.